The van der Waals surface area contributed by atoms with Gasteiger partial charge in [-0.3, -0.25) is 19.3 Å². The fourth-order valence-electron chi connectivity index (χ4n) is 2.62. The molecule has 2 heterocycles. The SMILES string of the molecule is NC(=O)CN(C(=O)c1ccco1)c1sc(Cc2ccccc2)cc1C(N)=O. The monoisotopic (exact) mass is 383 g/mol. The van der Waals surface area contributed by atoms with Crippen LogP contribution in [0, 0.1) is 0 Å². The average Bonchev–Trinajstić information content (AvgIpc) is 3.30. The van der Waals surface area contributed by atoms with Gasteiger partial charge in [-0.25, -0.2) is 0 Å². The fourth-order valence-corrected chi connectivity index (χ4v) is 3.81. The molecule has 0 aliphatic rings. The minimum atomic E-state index is -0.719. The lowest BCUT2D eigenvalue weighted by molar-refractivity contribution is -0.116. The van der Waals surface area contributed by atoms with Crippen molar-refractivity contribution >= 4 is 34.1 Å². The summed E-state index contributed by atoms with van der Waals surface area (Å²) < 4.78 is 5.13. The topological polar surface area (TPSA) is 120 Å². The highest BCUT2D eigenvalue weighted by Crippen LogP contribution is 2.34. The van der Waals surface area contributed by atoms with Crippen molar-refractivity contribution in [2.24, 2.45) is 11.5 Å². The average molecular weight is 383 g/mol. The molecule has 0 saturated carbocycles. The first-order valence-electron chi connectivity index (χ1n) is 8.06. The number of rotatable bonds is 7. The van der Waals surface area contributed by atoms with Crippen molar-refractivity contribution in [2.45, 2.75) is 6.42 Å². The van der Waals surface area contributed by atoms with Crippen molar-refractivity contribution in [3.05, 3.63) is 76.6 Å². The highest BCUT2D eigenvalue weighted by atomic mass is 32.1. The first-order valence-corrected chi connectivity index (χ1v) is 8.87. The predicted molar refractivity (Wildman–Crippen MR) is 102 cm³/mol. The molecule has 1 aromatic carbocycles. The summed E-state index contributed by atoms with van der Waals surface area (Å²) in [7, 11) is 0. The van der Waals surface area contributed by atoms with Gasteiger partial charge in [0, 0.05) is 11.3 Å². The Bertz CT molecular complexity index is 964. The van der Waals surface area contributed by atoms with Crippen LogP contribution in [0.2, 0.25) is 0 Å². The Morgan fingerprint density at radius 3 is 2.37 bits per heavy atom. The van der Waals surface area contributed by atoms with Crippen LogP contribution < -0.4 is 16.4 Å². The summed E-state index contributed by atoms with van der Waals surface area (Å²) in [5.74, 6) is -1.95. The van der Waals surface area contributed by atoms with Crippen LogP contribution in [-0.2, 0) is 11.2 Å². The van der Waals surface area contributed by atoms with Crippen LogP contribution in [-0.4, -0.2) is 24.3 Å². The van der Waals surface area contributed by atoms with Crippen molar-refractivity contribution in [2.75, 3.05) is 11.4 Å². The molecule has 27 heavy (non-hydrogen) atoms. The molecule has 0 bridgehead atoms. The molecule has 0 aliphatic heterocycles. The molecule has 3 amide bonds. The zero-order valence-electron chi connectivity index (χ0n) is 14.3. The van der Waals surface area contributed by atoms with E-state index in [2.05, 4.69) is 0 Å². The van der Waals surface area contributed by atoms with Crippen molar-refractivity contribution in [1.29, 1.82) is 0 Å². The number of anilines is 1. The van der Waals surface area contributed by atoms with Crippen LogP contribution in [0.15, 0.2) is 59.2 Å². The van der Waals surface area contributed by atoms with Gasteiger partial charge in [-0.1, -0.05) is 30.3 Å². The van der Waals surface area contributed by atoms with Gasteiger partial charge in [0.2, 0.25) is 5.91 Å². The molecule has 7 nitrogen and oxygen atoms in total. The quantitative estimate of drug-likeness (QED) is 0.649. The summed E-state index contributed by atoms with van der Waals surface area (Å²) in [6, 6.07) is 14.3. The maximum Gasteiger partial charge on any atom is 0.295 e. The molecule has 0 spiro atoms. The summed E-state index contributed by atoms with van der Waals surface area (Å²) in [6.45, 7) is -0.398. The van der Waals surface area contributed by atoms with Gasteiger partial charge in [0.25, 0.3) is 11.8 Å². The molecular weight excluding hydrogens is 366 g/mol. The van der Waals surface area contributed by atoms with E-state index in [4.69, 9.17) is 15.9 Å². The van der Waals surface area contributed by atoms with Crippen molar-refractivity contribution in [1.82, 2.24) is 0 Å². The normalized spacial score (nSPS) is 10.5. The molecule has 4 N–H and O–H groups in total. The Kier molecular flexibility index (Phi) is 5.37. The lowest BCUT2D eigenvalue weighted by Crippen LogP contribution is -2.39. The standard InChI is InChI=1S/C19H17N3O4S/c20-16(23)11-22(18(25)15-7-4-8-26-15)19-14(17(21)24)10-13(27-19)9-12-5-2-1-3-6-12/h1-8,10H,9,11H2,(H2,20,23)(H2,21,24). The van der Waals surface area contributed by atoms with Crippen LogP contribution in [0.4, 0.5) is 5.00 Å². The number of nitrogens with zero attached hydrogens (tertiary/aromatic N) is 1. The number of benzene rings is 1. The van der Waals surface area contributed by atoms with Crippen LogP contribution >= 0.6 is 11.3 Å². The maximum atomic E-state index is 12.8. The third-order valence-electron chi connectivity index (χ3n) is 3.79. The first-order chi connectivity index (χ1) is 13.0. The number of primary amides is 2. The predicted octanol–water partition coefficient (Wildman–Crippen LogP) is 2.16. The summed E-state index contributed by atoms with van der Waals surface area (Å²) in [5.41, 5.74) is 12.0. The van der Waals surface area contributed by atoms with Gasteiger partial charge in [-0.2, -0.15) is 0 Å². The minimum absolute atomic E-state index is 0.0321. The van der Waals surface area contributed by atoms with Gasteiger partial charge in [0.15, 0.2) is 5.76 Å². The smallest absolute Gasteiger partial charge is 0.295 e. The Morgan fingerprint density at radius 1 is 1.04 bits per heavy atom. The molecule has 0 atom stereocenters. The third kappa shape index (κ3) is 4.24. The molecule has 0 fully saturated rings. The molecule has 3 aromatic rings. The van der Waals surface area contributed by atoms with Gasteiger partial charge < -0.3 is 15.9 Å². The third-order valence-corrected chi connectivity index (χ3v) is 4.94. The minimum Gasteiger partial charge on any atom is -0.459 e. The van der Waals surface area contributed by atoms with Crippen LogP contribution in [0.1, 0.15) is 31.4 Å². The summed E-state index contributed by atoms with van der Waals surface area (Å²) in [6.07, 6.45) is 1.91. The number of thiophene rings is 1. The lowest BCUT2D eigenvalue weighted by Gasteiger charge is -2.19. The van der Waals surface area contributed by atoms with E-state index < -0.39 is 24.3 Å². The van der Waals surface area contributed by atoms with E-state index >= 15 is 0 Å². The molecule has 0 unspecified atom stereocenters. The van der Waals surface area contributed by atoms with Gasteiger partial charge in [-0.05, 0) is 23.8 Å². The molecule has 0 aliphatic carbocycles. The van der Waals surface area contributed by atoms with Crippen LogP contribution in [0.25, 0.3) is 0 Å². The fraction of sp³-hybridized carbons (Fsp3) is 0.105. The van der Waals surface area contributed by atoms with Crippen molar-refractivity contribution < 1.29 is 18.8 Å². The van der Waals surface area contributed by atoms with Gasteiger partial charge in [0.05, 0.1) is 11.8 Å². The Hall–Kier alpha value is -3.39. The van der Waals surface area contributed by atoms with E-state index in [1.807, 2.05) is 30.3 Å². The number of carbonyl (C=O) groups is 3. The lowest BCUT2D eigenvalue weighted by atomic mass is 10.1. The van der Waals surface area contributed by atoms with E-state index in [1.54, 1.807) is 12.1 Å². The van der Waals surface area contributed by atoms with E-state index in [-0.39, 0.29) is 16.3 Å². The van der Waals surface area contributed by atoms with E-state index in [0.29, 0.717) is 6.42 Å². The van der Waals surface area contributed by atoms with Gasteiger partial charge >= 0.3 is 0 Å². The number of hydrogen-bond acceptors (Lipinski definition) is 5. The molecular formula is C19H17N3O4S. The molecule has 3 rings (SSSR count). The van der Waals surface area contributed by atoms with Gasteiger partial charge in [-0.15, -0.1) is 11.3 Å². The Labute approximate surface area is 159 Å². The largest absolute Gasteiger partial charge is 0.459 e. The summed E-state index contributed by atoms with van der Waals surface area (Å²) in [4.78, 5) is 38.2. The molecule has 138 valence electrons. The second-order valence-electron chi connectivity index (χ2n) is 5.79. The van der Waals surface area contributed by atoms with E-state index in [9.17, 15) is 14.4 Å². The zero-order valence-corrected chi connectivity index (χ0v) is 15.1. The number of nitrogens with two attached hydrogens (primary N) is 2. The van der Waals surface area contributed by atoms with Crippen molar-refractivity contribution in [3.63, 3.8) is 0 Å². The zero-order chi connectivity index (χ0) is 19.4. The highest BCUT2D eigenvalue weighted by Gasteiger charge is 2.28. The highest BCUT2D eigenvalue weighted by molar-refractivity contribution is 7.16. The maximum absolute atomic E-state index is 12.8. The number of furan rings is 1. The molecule has 0 radical (unpaired) electrons. The number of hydrogen-bond donors (Lipinski definition) is 2. The molecule has 8 heteroatoms. The Balaban J connectivity index is 2.01. The number of amides is 3. The van der Waals surface area contributed by atoms with Crippen LogP contribution in [0.3, 0.4) is 0 Å². The molecule has 2 aromatic heterocycles. The molecule has 0 saturated heterocycles. The summed E-state index contributed by atoms with van der Waals surface area (Å²) >= 11 is 1.21. The Morgan fingerprint density at radius 2 is 1.78 bits per heavy atom. The van der Waals surface area contributed by atoms with Crippen LogP contribution in [0.5, 0.6) is 0 Å². The number of carbonyl (C=O) groups excluding carboxylic acids is 3. The van der Waals surface area contributed by atoms with Crippen molar-refractivity contribution in [3.8, 4) is 0 Å². The van der Waals surface area contributed by atoms with E-state index in [0.717, 1.165) is 15.3 Å². The van der Waals surface area contributed by atoms with E-state index in [1.165, 1.54) is 23.7 Å². The second kappa shape index (κ2) is 7.88. The second-order valence-corrected chi connectivity index (χ2v) is 6.91. The summed E-state index contributed by atoms with van der Waals surface area (Å²) in [5, 5.41) is 0.272. The van der Waals surface area contributed by atoms with Gasteiger partial charge in [0.1, 0.15) is 11.5 Å². The first kappa shape index (κ1) is 18.4.